The Hall–Kier alpha value is -2.40. The number of hydrogen-bond acceptors (Lipinski definition) is 4. The second-order valence-electron chi connectivity index (χ2n) is 7.55. The molecule has 5 nitrogen and oxygen atoms in total. The molecule has 3 atom stereocenters. The molecule has 2 aromatic rings. The number of rotatable bonds is 4. The molecule has 4 rings (SSSR count). The predicted molar refractivity (Wildman–Crippen MR) is 102 cm³/mol. The van der Waals surface area contributed by atoms with Crippen molar-refractivity contribution in [2.24, 2.45) is 5.92 Å². The van der Waals surface area contributed by atoms with Crippen LogP contribution in [0.1, 0.15) is 48.0 Å². The quantitative estimate of drug-likeness (QED) is 0.901. The third-order valence-electron chi connectivity index (χ3n) is 5.81. The lowest BCUT2D eigenvalue weighted by Crippen LogP contribution is -2.54. The summed E-state index contributed by atoms with van der Waals surface area (Å²) in [4.78, 5) is 19.2. The van der Waals surface area contributed by atoms with Crippen molar-refractivity contribution in [3.05, 3.63) is 59.9 Å². The number of aliphatic hydroxyl groups is 1. The fraction of sp³-hybridized carbons (Fsp3) is 0.455. The highest BCUT2D eigenvalue weighted by Crippen LogP contribution is 2.36. The van der Waals surface area contributed by atoms with Crippen LogP contribution in [0.2, 0.25) is 0 Å². The lowest BCUT2D eigenvalue weighted by Gasteiger charge is -2.46. The minimum atomic E-state index is -0.270. The maximum Gasteiger partial charge on any atom is 0.254 e. The summed E-state index contributed by atoms with van der Waals surface area (Å²) in [6.07, 6.45) is 8.20. The highest BCUT2D eigenvalue weighted by molar-refractivity contribution is 5.95. The van der Waals surface area contributed by atoms with Gasteiger partial charge in [0.1, 0.15) is 12.4 Å². The molecule has 2 fully saturated rings. The van der Waals surface area contributed by atoms with E-state index in [0.717, 1.165) is 31.2 Å². The van der Waals surface area contributed by atoms with Crippen molar-refractivity contribution in [2.45, 2.75) is 50.9 Å². The van der Waals surface area contributed by atoms with Gasteiger partial charge in [-0.25, -0.2) is 0 Å². The topological polar surface area (TPSA) is 62.7 Å². The molecule has 27 heavy (non-hydrogen) atoms. The number of carbonyl (C=O) groups is 1. The number of carbonyl (C=O) groups excluding carboxylic acids is 1. The van der Waals surface area contributed by atoms with Gasteiger partial charge in [-0.3, -0.25) is 9.78 Å². The third-order valence-corrected chi connectivity index (χ3v) is 5.81. The van der Waals surface area contributed by atoms with Crippen LogP contribution in [-0.2, 0) is 6.61 Å². The number of fused-ring (bicyclic) bond motifs is 1. The van der Waals surface area contributed by atoms with Crippen molar-refractivity contribution in [2.75, 3.05) is 6.54 Å². The molecule has 3 unspecified atom stereocenters. The summed E-state index contributed by atoms with van der Waals surface area (Å²) in [5.74, 6) is 0.953. The number of nitrogens with zero attached hydrogens (tertiary/aromatic N) is 2. The molecule has 2 aliphatic rings. The molecule has 1 aliphatic carbocycles. The summed E-state index contributed by atoms with van der Waals surface area (Å²) in [5.41, 5.74) is 1.64. The highest BCUT2D eigenvalue weighted by Gasteiger charge is 2.40. The Morgan fingerprint density at radius 1 is 1.19 bits per heavy atom. The first-order chi connectivity index (χ1) is 13.2. The highest BCUT2D eigenvalue weighted by atomic mass is 16.5. The Bertz CT molecular complexity index is 780. The first-order valence-electron chi connectivity index (χ1n) is 9.83. The van der Waals surface area contributed by atoms with Crippen LogP contribution in [0.25, 0.3) is 0 Å². The minimum absolute atomic E-state index is 0.0469. The van der Waals surface area contributed by atoms with Crippen LogP contribution in [0.4, 0.5) is 0 Å². The van der Waals surface area contributed by atoms with Crippen LogP contribution in [0.5, 0.6) is 5.75 Å². The Morgan fingerprint density at radius 3 is 2.93 bits per heavy atom. The van der Waals surface area contributed by atoms with Gasteiger partial charge in [-0.05, 0) is 43.5 Å². The normalized spacial score (nSPS) is 24.9. The van der Waals surface area contributed by atoms with Crippen LogP contribution >= 0.6 is 0 Å². The lowest BCUT2D eigenvalue weighted by molar-refractivity contribution is -0.0262. The van der Waals surface area contributed by atoms with Gasteiger partial charge in [0, 0.05) is 42.0 Å². The molecule has 0 spiro atoms. The minimum Gasteiger partial charge on any atom is -0.489 e. The molecule has 142 valence electrons. The van der Waals surface area contributed by atoms with E-state index in [0.29, 0.717) is 30.9 Å². The molecule has 1 amide bonds. The van der Waals surface area contributed by atoms with Crippen molar-refractivity contribution in [3.63, 3.8) is 0 Å². The SMILES string of the molecule is O=C(c1cccc(OCc2cccnc2)c1)N1CCC(O)C2CCCCC21. The van der Waals surface area contributed by atoms with E-state index in [1.165, 1.54) is 0 Å². The summed E-state index contributed by atoms with van der Waals surface area (Å²) < 4.78 is 5.84. The molecule has 5 heteroatoms. The molecule has 1 saturated heterocycles. The Balaban J connectivity index is 1.47. The van der Waals surface area contributed by atoms with Crippen molar-refractivity contribution >= 4 is 5.91 Å². The zero-order valence-corrected chi connectivity index (χ0v) is 15.5. The van der Waals surface area contributed by atoms with Crippen molar-refractivity contribution in [1.82, 2.24) is 9.88 Å². The van der Waals surface area contributed by atoms with Crippen LogP contribution in [-0.4, -0.2) is 39.6 Å². The zero-order valence-electron chi connectivity index (χ0n) is 15.5. The molecule has 0 radical (unpaired) electrons. The Kier molecular flexibility index (Phi) is 5.39. The summed E-state index contributed by atoms with van der Waals surface area (Å²) in [6.45, 7) is 1.05. The molecular weight excluding hydrogens is 340 g/mol. The van der Waals surface area contributed by atoms with Crippen LogP contribution in [0.3, 0.4) is 0 Å². The number of likely N-dealkylation sites (tertiary alicyclic amines) is 1. The fourth-order valence-corrected chi connectivity index (χ4v) is 4.41. The van der Waals surface area contributed by atoms with Gasteiger partial charge in [0.15, 0.2) is 0 Å². The number of hydrogen-bond donors (Lipinski definition) is 1. The molecule has 2 heterocycles. The number of benzene rings is 1. The monoisotopic (exact) mass is 366 g/mol. The van der Waals surface area contributed by atoms with Gasteiger partial charge < -0.3 is 14.7 Å². The van der Waals surface area contributed by atoms with Crippen molar-refractivity contribution in [3.8, 4) is 5.75 Å². The van der Waals surface area contributed by atoms with Crippen LogP contribution < -0.4 is 4.74 Å². The number of pyridine rings is 1. The molecule has 1 saturated carbocycles. The van der Waals surface area contributed by atoms with E-state index in [-0.39, 0.29) is 24.0 Å². The lowest BCUT2D eigenvalue weighted by atomic mass is 9.76. The Labute approximate surface area is 160 Å². The zero-order chi connectivity index (χ0) is 18.6. The summed E-state index contributed by atoms with van der Waals surface area (Å²) >= 11 is 0. The van der Waals surface area contributed by atoms with E-state index in [1.807, 2.05) is 41.3 Å². The van der Waals surface area contributed by atoms with Gasteiger partial charge in [-0.15, -0.1) is 0 Å². The van der Waals surface area contributed by atoms with E-state index >= 15 is 0 Å². The van der Waals surface area contributed by atoms with E-state index in [4.69, 9.17) is 4.74 Å². The molecule has 1 aromatic heterocycles. The number of amides is 1. The maximum atomic E-state index is 13.2. The van der Waals surface area contributed by atoms with Gasteiger partial charge in [0.2, 0.25) is 0 Å². The number of piperidine rings is 1. The predicted octanol–water partition coefficient (Wildman–Crippen LogP) is 3.43. The molecule has 1 N–H and O–H groups in total. The average Bonchev–Trinajstić information content (AvgIpc) is 2.73. The smallest absolute Gasteiger partial charge is 0.254 e. The van der Waals surface area contributed by atoms with Gasteiger partial charge in [0.05, 0.1) is 6.10 Å². The first-order valence-corrected chi connectivity index (χ1v) is 9.83. The van der Waals surface area contributed by atoms with Crippen LogP contribution in [0, 0.1) is 5.92 Å². The summed E-state index contributed by atoms with van der Waals surface area (Å²) in [5, 5.41) is 10.3. The maximum absolute atomic E-state index is 13.2. The summed E-state index contributed by atoms with van der Waals surface area (Å²) in [6, 6.07) is 11.4. The summed E-state index contributed by atoms with van der Waals surface area (Å²) in [7, 11) is 0. The van der Waals surface area contributed by atoms with Crippen molar-refractivity contribution < 1.29 is 14.6 Å². The second-order valence-corrected chi connectivity index (χ2v) is 7.55. The molecule has 1 aliphatic heterocycles. The number of aliphatic hydroxyl groups excluding tert-OH is 1. The standard InChI is InChI=1S/C22H26N2O3/c25-21-10-12-24(20-9-2-1-8-19(20)21)22(26)17-6-3-7-18(13-17)27-15-16-5-4-11-23-14-16/h3-7,11,13-14,19-21,25H,1-2,8-10,12,15H2. The second kappa shape index (κ2) is 8.09. The largest absolute Gasteiger partial charge is 0.489 e. The first kappa shape index (κ1) is 18.0. The fourth-order valence-electron chi connectivity index (χ4n) is 4.41. The van der Waals surface area contributed by atoms with Gasteiger partial charge in [-0.1, -0.05) is 25.0 Å². The van der Waals surface area contributed by atoms with Gasteiger partial charge in [-0.2, -0.15) is 0 Å². The van der Waals surface area contributed by atoms with Crippen LogP contribution in [0.15, 0.2) is 48.8 Å². The molecule has 0 bridgehead atoms. The average molecular weight is 366 g/mol. The third kappa shape index (κ3) is 3.98. The number of ether oxygens (including phenoxy) is 1. The van der Waals surface area contributed by atoms with Gasteiger partial charge in [0.25, 0.3) is 5.91 Å². The van der Waals surface area contributed by atoms with E-state index in [1.54, 1.807) is 12.4 Å². The molecular formula is C22H26N2O3. The van der Waals surface area contributed by atoms with Gasteiger partial charge >= 0.3 is 0 Å². The Morgan fingerprint density at radius 2 is 2.07 bits per heavy atom. The van der Waals surface area contributed by atoms with E-state index in [2.05, 4.69) is 4.98 Å². The molecule has 1 aromatic carbocycles. The van der Waals surface area contributed by atoms with E-state index < -0.39 is 0 Å². The van der Waals surface area contributed by atoms with Crippen molar-refractivity contribution in [1.29, 1.82) is 0 Å². The van der Waals surface area contributed by atoms with E-state index in [9.17, 15) is 9.90 Å². The number of aromatic nitrogens is 1.